The fourth-order valence-electron chi connectivity index (χ4n) is 3.10. The molecule has 1 atom stereocenters. The largest absolute Gasteiger partial charge is 0.497 e. The number of aliphatic carboxylic acids is 2. The number of carbonyl (C=O) groups is 2. The van der Waals surface area contributed by atoms with E-state index in [1.807, 2.05) is 18.2 Å². The van der Waals surface area contributed by atoms with Crippen molar-refractivity contribution >= 4 is 34.6 Å². The quantitative estimate of drug-likeness (QED) is 0.763. The van der Waals surface area contributed by atoms with Gasteiger partial charge < -0.3 is 14.9 Å². The van der Waals surface area contributed by atoms with Gasteiger partial charge in [-0.2, -0.15) is 0 Å². The number of hydrogen-bond donors (Lipinski definition) is 2. The first-order valence-electron chi connectivity index (χ1n) is 8.10. The smallest absolute Gasteiger partial charge is 0.317 e. The van der Waals surface area contributed by atoms with Crippen molar-refractivity contribution in [1.29, 1.82) is 0 Å². The topological polar surface area (TPSA) is 96.7 Å². The maximum atomic E-state index is 11.5. The van der Waals surface area contributed by atoms with Gasteiger partial charge in [-0.1, -0.05) is 0 Å². The van der Waals surface area contributed by atoms with Gasteiger partial charge in [0.2, 0.25) is 0 Å². The Bertz CT molecular complexity index is 836. The molecule has 132 valence electrons. The van der Waals surface area contributed by atoms with E-state index in [9.17, 15) is 14.7 Å². The van der Waals surface area contributed by atoms with Crippen LogP contribution in [-0.2, 0) is 22.4 Å². The number of methoxy groups -OCH3 is 1. The molecule has 1 aliphatic rings. The zero-order valence-electron chi connectivity index (χ0n) is 13.8. The molecule has 0 spiro atoms. The van der Waals surface area contributed by atoms with E-state index in [-0.39, 0.29) is 0 Å². The average Bonchev–Trinajstić information content (AvgIpc) is 2.59. The maximum absolute atomic E-state index is 11.5. The predicted octanol–water partition coefficient (Wildman–Crippen LogP) is 3.14. The highest BCUT2D eigenvalue weighted by molar-refractivity contribution is 8.00. The summed E-state index contributed by atoms with van der Waals surface area (Å²) in [4.78, 5) is 28.1. The molecule has 25 heavy (non-hydrogen) atoms. The Morgan fingerprint density at radius 2 is 2.04 bits per heavy atom. The molecule has 0 bridgehead atoms. The van der Waals surface area contributed by atoms with Crippen molar-refractivity contribution < 1.29 is 24.5 Å². The summed E-state index contributed by atoms with van der Waals surface area (Å²) in [5.41, 5.74) is 2.82. The minimum absolute atomic E-state index is 0.428. The molecule has 3 rings (SSSR count). The third-order valence-corrected chi connectivity index (χ3v) is 5.67. The molecule has 0 unspecified atom stereocenters. The van der Waals surface area contributed by atoms with Crippen molar-refractivity contribution in [3.05, 3.63) is 29.5 Å². The first kappa shape index (κ1) is 17.5. The van der Waals surface area contributed by atoms with E-state index >= 15 is 0 Å². The van der Waals surface area contributed by atoms with E-state index in [1.54, 1.807) is 7.11 Å². The van der Waals surface area contributed by atoms with Crippen LogP contribution in [-0.4, -0.2) is 39.5 Å². The number of pyridine rings is 1. The van der Waals surface area contributed by atoms with Crippen LogP contribution in [0.5, 0.6) is 5.75 Å². The minimum atomic E-state index is -1.12. The summed E-state index contributed by atoms with van der Waals surface area (Å²) in [6, 6.07) is 5.53. The molecule has 0 saturated heterocycles. The Kier molecular flexibility index (Phi) is 5.13. The highest BCUT2D eigenvalue weighted by atomic mass is 32.2. The fraction of sp³-hybridized carbons (Fsp3) is 0.389. The molecule has 0 amide bonds. The molecule has 0 saturated carbocycles. The monoisotopic (exact) mass is 361 g/mol. The molecule has 2 N–H and O–H groups in total. The zero-order chi connectivity index (χ0) is 18.0. The van der Waals surface area contributed by atoms with E-state index in [2.05, 4.69) is 0 Å². The lowest BCUT2D eigenvalue weighted by Crippen LogP contribution is -2.21. The number of aromatic nitrogens is 1. The number of hydrogen-bond acceptors (Lipinski definition) is 5. The molecular formula is C18H19NO5S. The number of rotatable bonds is 6. The van der Waals surface area contributed by atoms with Crippen molar-refractivity contribution in [2.45, 2.75) is 42.2 Å². The Morgan fingerprint density at radius 1 is 1.28 bits per heavy atom. The van der Waals surface area contributed by atoms with Gasteiger partial charge in [-0.15, -0.1) is 11.8 Å². The van der Waals surface area contributed by atoms with E-state index in [0.29, 0.717) is 5.75 Å². The Hall–Kier alpha value is -2.28. The maximum Gasteiger partial charge on any atom is 0.317 e. The third-order valence-electron chi connectivity index (χ3n) is 4.31. The third kappa shape index (κ3) is 3.71. The van der Waals surface area contributed by atoms with Gasteiger partial charge in [-0.25, -0.2) is 0 Å². The first-order valence-corrected chi connectivity index (χ1v) is 8.98. The highest BCUT2D eigenvalue weighted by Gasteiger charge is 2.27. The number of nitrogens with zero attached hydrogens (tertiary/aromatic N) is 1. The van der Waals surface area contributed by atoms with Gasteiger partial charge >= 0.3 is 11.9 Å². The summed E-state index contributed by atoms with van der Waals surface area (Å²) < 4.78 is 5.29. The normalized spacial score (nSPS) is 14.8. The van der Waals surface area contributed by atoms with Gasteiger partial charge in [0, 0.05) is 16.0 Å². The second-order valence-electron chi connectivity index (χ2n) is 6.00. The second-order valence-corrected chi connectivity index (χ2v) is 7.21. The fourth-order valence-corrected chi connectivity index (χ4v) is 4.37. The molecule has 1 aliphatic carbocycles. The Morgan fingerprint density at radius 3 is 2.72 bits per heavy atom. The molecule has 0 aliphatic heterocycles. The molecule has 0 radical (unpaired) electrons. The van der Waals surface area contributed by atoms with Crippen molar-refractivity contribution in [2.24, 2.45) is 0 Å². The SMILES string of the molecule is COc1ccc2nc3c(c(S[C@H](CC(=O)O)C(=O)O)c2c1)CCCC3. The number of aryl methyl sites for hydroxylation is 1. The number of benzene rings is 1. The number of thioether (sulfide) groups is 1. The van der Waals surface area contributed by atoms with Crippen molar-refractivity contribution in [2.75, 3.05) is 7.11 Å². The predicted molar refractivity (Wildman–Crippen MR) is 94.5 cm³/mol. The van der Waals surface area contributed by atoms with Gasteiger partial charge in [-0.3, -0.25) is 14.6 Å². The molecule has 7 heteroatoms. The van der Waals surface area contributed by atoms with E-state index < -0.39 is 23.6 Å². The average molecular weight is 361 g/mol. The van der Waals surface area contributed by atoms with Crippen LogP contribution >= 0.6 is 11.8 Å². The summed E-state index contributed by atoms with van der Waals surface area (Å²) in [6.45, 7) is 0. The zero-order valence-corrected chi connectivity index (χ0v) is 14.6. The molecule has 0 fully saturated rings. The van der Waals surface area contributed by atoms with Crippen LogP contribution in [0, 0.1) is 0 Å². The van der Waals surface area contributed by atoms with E-state index in [4.69, 9.17) is 14.8 Å². The first-order chi connectivity index (χ1) is 12.0. The summed E-state index contributed by atoms with van der Waals surface area (Å²) in [7, 11) is 1.57. The molecule has 1 aromatic heterocycles. The lowest BCUT2D eigenvalue weighted by molar-refractivity contribution is -0.142. The summed E-state index contributed by atoms with van der Waals surface area (Å²) >= 11 is 1.11. The highest BCUT2D eigenvalue weighted by Crippen LogP contribution is 2.39. The molecule has 1 aromatic carbocycles. The summed E-state index contributed by atoms with van der Waals surface area (Å²) in [5.74, 6) is -1.58. The molecule has 1 heterocycles. The van der Waals surface area contributed by atoms with Crippen LogP contribution in [0.3, 0.4) is 0 Å². The van der Waals surface area contributed by atoms with Gasteiger partial charge in [0.05, 0.1) is 19.0 Å². The summed E-state index contributed by atoms with van der Waals surface area (Å²) in [5, 5.41) is 18.3. The summed E-state index contributed by atoms with van der Waals surface area (Å²) in [6.07, 6.45) is 3.35. The number of carboxylic acid groups (broad SMARTS) is 2. The lowest BCUT2D eigenvalue weighted by atomic mass is 9.94. The van der Waals surface area contributed by atoms with Crippen LogP contribution in [0.15, 0.2) is 23.1 Å². The molecule has 6 nitrogen and oxygen atoms in total. The minimum Gasteiger partial charge on any atom is -0.497 e. The van der Waals surface area contributed by atoms with Crippen LogP contribution in [0.4, 0.5) is 0 Å². The van der Waals surface area contributed by atoms with Gasteiger partial charge in [0.25, 0.3) is 0 Å². The van der Waals surface area contributed by atoms with Gasteiger partial charge in [-0.05, 0) is 49.4 Å². The lowest BCUT2D eigenvalue weighted by Gasteiger charge is -2.22. The molecular weight excluding hydrogens is 342 g/mol. The van der Waals surface area contributed by atoms with Crippen molar-refractivity contribution in [3.63, 3.8) is 0 Å². The van der Waals surface area contributed by atoms with E-state index in [1.165, 1.54) is 0 Å². The van der Waals surface area contributed by atoms with Crippen LogP contribution in [0.1, 0.15) is 30.5 Å². The van der Waals surface area contributed by atoms with Crippen LogP contribution in [0.25, 0.3) is 10.9 Å². The van der Waals surface area contributed by atoms with Crippen LogP contribution in [0.2, 0.25) is 0 Å². The number of ether oxygens (including phenoxy) is 1. The number of fused-ring (bicyclic) bond motifs is 2. The Balaban J connectivity index is 2.15. The van der Waals surface area contributed by atoms with E-state index in [0.717, 1.165) is 64.5 Å². The standard InChI is InChI=1S/C18H19NO5S/c1-24-10-6-7-14-12(8-10)17(11-4-2-3-5-13(11)19-14)25-15(18(22)23)9-16(20)21/h6-8,15H,2-5,9H2,1H3,(H,20,21)(H,22,23)/t15-/m1/s1. The van der Waals surface area contributed by atoms with Crippen molar-refractivity contribution in [1.82, 2.24) is 4.98 Å². The Labute approximate surface area is 149 Å². The second kappa shape index (κ2) is 7.31. The number of carboxylic acids is 2. The van der Waals surface area contributed by atoms with Gasteiger partial charge in [0.15, 0.2) is 0 Å². The van der Waals surface area contributed by atoms with Crippen molar-refractivity contribution in [3.8, 4) is 5.75 Å². The van der Waals surface area contributed by atoms with Crippen LogP contribution < -0.4 is 4.74 Å². The molecule has 2 aromatic rings. The van der Waals surface area contributed by atoms with Gasteiger partial charge in [0.1, 0.15) is 11.0 Å².